The minimum absolute atomic E-state index is 0.0873. The summed E-state index contributed by atoms with van der Waals surface area (Å²) in [6.45, 7) is 4.25. The van der Waals surface area contributed by atoms with E-state index in [0.29, 0.717) is 30.1 Å². The fourth-order valence-electron chi connectivity index (χ4n) is 2.79. The highest BCUT2D eigenvalue weighted by atomic mass is 32.2. The zero-order chi connectivity index (χ0) is 18.6. The van der Waals surface area contributed by atoms with Crippen LogP contribution in [0.5, 0.6) is 0 Å². The molecule has 1 amide bonds. The molecule has 1 aromatic rings. The van der Waals surface area contributed by atoms with Gasteiger partial charge >= 0.3 is 5.97 Å². The maximum atomic E-state index is 12.5. The van der Waals surface area contributed by atoms with E-state index in [1.54, 1.807) is 17.5 Å². The number of sulfonamides is 1. The second-order valence-corrected chi connectivity index (χ2v) is 9.48. The highest BCUT2D eigenvalue weighted by molar-refractivity contribution is 7.91. The second-order valence-electron chi connectivity index (χ2n) is 6.36. The molecule has 1 N–H and O–H groups in total. The Morgan fingerprint density at radius 1 is 1.32 bits per heavy atom. The maximum Gasteiger partial charge on any atom is 0.328 e. The van der Waals surface area contributed by atoms with Gasteiger partial charge in [-0.15, -0.1) is 11.3 Å². The number of carbonyl (C=O) groups is 2. The summed E-state index contributed by atoms with van der Waals surface area (Å²) in [5.41, 5.74) is 0. The van der Waals surface area contributed by atoms with Crippen molar-refractivity contribution in [1.29, 1.82) is 0 Å². The molecule has 9 heteroatoms. The lowest BCUT2D eigenvalue weighted by Crippen LogP contribution is -2.49. The summed E-state index contributed by atoms with van der Waals surface area (Å²) in [4.78, 5) is 24.2. The number of nitrogens with one attached hydrogen (secondary N) is 1. The number of amides is 1. The van der Waals surface area contributed by atoms with E-state index in [2.05, 4.69) is 5.32 Å². The predicted octanol–water partition coefficient (Wildman–Crippen LogP) is 1.46. The maximum absolute atomic E-state index is 12.5. The van der Waals surface area contributed by atoms with E-state index >= 15 is 0 Å². The number of esters is 1. The summed E-state index contributed by atoms with van der Waals surface area (Å²) in [5, 5.41) is 4.47. The van der Waals surface area contributed by atoms with Gasteiger partial charge < -0.3 is 10.1 Å². The highest BCUT2D eigenvalue weighted by Crippen LogP contribution is 2.26. The lowest BCUT2D eigenvalue weighted by molar-refractivity contribution is -0.147. The number of thiophene rings is 1. The van der Waals surface area contributed by atoms with Crippen molar-refractivity contribution in [2.45, 2.75) is 36.9 Å². The molecule has 0 aliphatic carbocycles. The zero-order valence-corrected chi connectivity index (χ0v) is 16.2. The van der Waals surface area contributed by atoms with Crippen LogP contribution in [0.25, 0.3) is 0 Å². The van der Waals surface area contributed by atoms with Crippen molar-refractivity contribution in [2.75, 3.05) is 20.2 Å². The van der Waals surface area contributed by atoms with Gasteiger partial charge in [-0.05, 0) is 30.2 Å². The van der Waals surface area contributed by atoms with Gasteiger partial charge in [0.05, 0.1) is 7.11 Å². The van der Waals surface area contributed by atoms with Crippen LogP contribution in [0.4, 0.5) is 0 Å². The van der Waals surface area contributed by atoms with Gasteiger partial charge in [-0.3, -0.25) is 4.79 Å². The van der Waals surface area contributed by atoms with Crippen LogP contribution in [0.15, 0.2) is 21.7 Å². The number of piperidine rings is 1. The first-order chi connectivity index (χ1) is 11.8. The van der Waals surface area contributed by atoms with Crippen LogP contribution < -0.4 is 5.32 Å². The van der Waals surface area contributed by atoms with Crippen molar-refractivity contribution in [2.24, 2.45) is 11.8 Å². The second kappa shape index (κ2) is 8.29. The van der Waals surface area contributed by atoms with Gasteiger partial charge in [-0.1, -0.05) is 19.9 Å². The summed E-state index contributed by atoms with van der Waals surface area (Å²) in [5.74, 6) is -1.09. The number of ether oxygens (including phenoxy) is 1. The Balaban J connectivity index is 1.95. The Labute approximate surface area is 152 Å². The Hall–Kier alpha value is -1.45. The fourth-order valence-corrected chi connectivity index (χ4v) is 5.41. The third kappa shape index (κ3) is 4.59. The lowest BCUT2D eigenvalue weighted by Gasteiger charge is -2.31. The fraction of sp³-hybridized carbons (Fsp3) is 0.625. The van der Waals surface area contributed by atoms with Gasteiger partial charge in [0.2, 0.25) is 5.91 Å². The van der Waals surface area contributed by atoms with E-state index in [4.69, 9.17) is 4.74 Å². The van der Waals surface area contributed by atoms with Crippen molar-refractivity contribution in [1.82, 2.24) is 9.62 Å². The molecular formula is C16H24N2O5S2. The lowest BCUT2D eigenvalue weighted by atomic mass is 9.95. The molecule has 1 unspecified atom stereocenters. The van der Waals surface area contributed by atoms with E-state index < -0.39 is 22.0 Å². The van der Waals surface area contributed by atoms with Crippen molar-refractivity contribution >= 4 is 33.2 Å². The summed E-state index contributed by atoms with van der Waals surface area (Å²) >= 11 is 1.19. The Kier molecular flexibility index (Phi) is 6.59. The molecule has 1 aliphatic rings. The van der Waals surface area contributed by atoms with Gasteiger partial charge in [-0.2, -0.15) is 4.31 Å². The molecular weight excluding hydrogens is 364 g/mol. The van der Waals surface area contributed by atoms with Gasteiger partial charge in [-0.25, -0.2) is 13.2 Å². The molecule has 7 nitrogen and oxygen atoms in total. The number of nitrogens with zero attached hydrogens (tertiary/aromatic N) is 1. The van der Waals surface area contributed by atoms with Crippen molar-refractivity contribution < 1.29 is 22.7 Å². The number of carbonyl (C=O) groups excluding carboxylic acids is 2. The predicted molar refractivity (Wildman–Crippen MR) is 94.6 cm³/mol. The van der Waals surface area contributed by atoms with E-state index in [-0.39, 0.29) is 17.7 Å². The monoisotopic (exact) mass is 388 g/mol. The minimum atomic E-state index is -3.48. The molecule has 140 valence electrons. The summed E-state index contributed by atoms with van der Waals surface area (Å²) in [6.07, 6.45) is 0.866. The number of hydrogen-bond donors (Lipinski definition) is 1. The minimum Gasteiger partial charge on any atom is -0.467 e. The molecule has 25 heavy (non-hydrogen) atoms. The van der Waals surface area contributed by atoms with Crippen molar-refractivity contribution in [3.63, 3.8) is 0 Å². The normalized spacial score (nSPS) is 18.1. The quantitative estimate of drug-likeness (QED) is 0.745. The third-order valence-corrected chi connectivity index (χ3v) is 7.61. The average Bonchev–Trinajstić information content (AvgIpc) is 3.14. The Morgan fingerprint density at radius 3 is 2.44 bits per heavy atom. The molecule has 0 spiro atoms. The van der Waals surface area contributed by atoms with E-state index in [0.717, 1.165) is 0 Å². The average molecular weight is 389 g/mol. The van der Waals surface area contributed by atoms with Gasteiger partial charge in [0.25, 0.3) is 10.0 Å². The van der Waals surface area contributed by atoms with Crippen LogP contribution in [-0.2, 0) is 24.3 Å². The molecule has 1 atom stereocenters. The van der Waals surface area contributed by atoms with Crippen molar-refractivity contribution in [3.05, 3.63) is 17.5 Å². The SMILES string of the molecule is COC(=O)C(NC(=O)C1CCN(S(=O)(=O)c2cccs2)CC1)C(C)C. The number of hydrogen-bond acceptors (Lipinski definition) is 6. The van der Waals surface area contributed by atoms with Crippen LogP contribution >= 0.6 is 11.3 Å². The Morgan fingerprint density at radius 2 is 1.96 bits per heavy atom. The molecule has 2 heterocycles. The summed E-state index contributed by atoms with van der Waals surface area (Å²) < 4.78 is 31.5. The number of methoxy groups -OCH3 is 1. The van der Waals surface area contributed by atoms with Crippen LogP contribution in [0, 0.1) is 11.8 Å². The van der Waals surface area contributed by atoms with Gasteiger partial charge in [0.1, 0.15) is 10.3 Å². The number of rotatable bonds is 6. The first-order valence-corrected chi connectivity index (χ1v) is 10.5. The van der Waals surface area contributed by atoms with Crippen LogP contribution in [0.2, 0.25) is 0 Å². The molecule has 2 rings (SSSR count). The Bertz CT molecular complexity index is 692. The summed E-state index contributed by atoms with van der Waals surface area (Å²) in [6, 6.07) is 2.60. The van der Waals surface area contributed by atoms with Gasteiger partial charge in [0.15, 0.2) is 0 Å². The molecule has 1 saturated heterocycles. The molecule has 0 bridgehead atoms. The van der Waals surface area contributed by atoms with E-state index in [1.807, 2.05) is 13.8 Å². The van der Waals surface area contributed by atoms with Crippen LogP contribution in [-0.4, -0.2) is 50.8 Å². The third-order valence-electron chi connectivity index (χ3n) is 4.33. The molecule has 1 aliphatic heterocycles. The topological polar surface area (TPSA) is 92.8 Å². The van der Waals surface area contributed by atoms with E-state index in [9.17, 15) is 18.0 Å². The smallest absolute Gasteiger partial charge is 0.328 e. The zero-order valence-electron chi connectivity index (χ0n) is 14.6. The molecule has 0 radical (unpaired) electrons. The first-order valence-electron chi connectivity index (χ1n) is 8.19. The molecule has 0 saturated carbocycles. The molecule has 0 aromatic carbocycles. The van der Waals surface area contributed by atoms with Crippen molar-refractivity contribution in [3.8, 4) is 0 Å². The summed E-state index contributed by atoms with van der Waals surface area (Å²) in [7, 11) is -2.19. The highest BCUT2D eigenvalue weighted by Gasteiger charge is 2.34. The van der Waals surface area contributed by atoms with E-state index in [1.165, 1.54) is 22.8 Å². The van der Waals surface area contributed by atoms with Gasteiger partial charge in [0, 0.05) is 19.0 Å². The largest absolute Gasteiger partial charge is 0.467 e. The molecule has 1 aromatic heterocycles. The standard InChI is InChI=1S/C16H24N2O5S2/c1-11(2)14(16(20)23-3)17-15(19)12-6-8-18(9-7-12)25(21,22)13-5-4-10-24-13/h4-5,10-12,14H,6-9H2,1-3H3,(H,17,19). The first kappa shape index (κ1) is 19.9. The van der Waals surface area contributed by atoms with Crippen LogP contribution in [0.3, 0.4) is 0 Å². The molecule has 1 fully saturated rings. The van der Waals surface area contributed by atoms with Crippen LogP contribution in [0.1, 0.15) is 26.7 Å².